The summed E-state index contributed by atoms with van der Waals surface area (Å²) < 4.78 is 43.0. The number of carbonyl (C=O) groups is 2. The van der Waals surface area contributed by atoms with Gasteiger partial charge >= 0.3 is 12.1 Å². The molecule has 0 radical (unpaired) electrons. The van der Waals surface area contributed by atoms with E-state index in [0.717, 1.165) is 16.3 Å². The van der Waals surface area contributed by atoms with Gasteiger partial charge in [-0.1, -0.05) is 12.1 Å². The number of piperidine rings is 1. The number of methoxy groups -OCH3 is 1. The van der Waals surface area contributed by atoms with Crippen LogP contribution in [0, 0.1) is 5.92 Å². The molecule has 0 saturated carbocycles. The minimum Gasteiger partial charge on any atom is -0.495 e. The summed E-state index contributed by atoms with van der Waals surface area (Å²) in [4.78, 5) is 28.8. The van der Waals surface area contributed by atoms with Gasteiger partial charge in [-0.25, -0.2) is 0 Å². The number of carbonyl (C=O) groups excluding carboxylic acids is 2. The van der Waals surface area contributed by atoms with Crippen LogP contribution in [0.4, 0.5) is 18.9 Å². The van der Waals surface area contributed by atoms with Crippen molar-refractivity contribution in [3.05, 3.63) is 24.3 Å². The van der Waals surface area contributed by atoms with Crippen molar-refractivity contribution in [2.45, 2.75) is 19.0 Å². The van der Waals surface area contributed by atoms with Crippen LogP contribution in [0.1, 0.15) is 12.8 Å². The average molecular weight is 399 g/mol. The quantitative estimate of drug-likeness (QED) is 0.782. The molecule has 2 heterocycles. The van der Waals surface area contributed by atoms with E-state index in [1.54, 1.807) is 12.0 Å². The van der Waals surface area contributed by atoms with E-state index < -0.39 is 12.1 Å². The molecule has 1 aromatic rings. The fourth-order valence-electron chi connectivity index (χ4n) is 3.83. The molecule has 2 amide bonds. The number of hydrogen-bond acceptors (Lipinski definition) is 4. The second-order valence-corrected chi connectivity index (χ2v) is 7.05. The lowest BCUT2D eigenvalue weighted by Gasteiger charge is -2.39. The lowest BCUT2D eigenvalue weighted by molar-refractivity contribution is -0.187. The number of anilines is 1. The van der Waals surface area contributed by atoms with E-state index in [9.17, 15) is 22.8 Å². The van der Waals surface area contributed by atoms with E-state index in [0.29, 0.717) is 26.2 Å². The van der Waals surface area contributed by atoms with E-state index in [1.165, 1.54) is 0 Å². The third kappa shape index (κ3) is 4.34. The molecule has 0 aliphatic carbocycles. The Bertz CT molecular complexity index is 710. The van der Waals surface area contributed by atoms with Crippen molar-refractivity contribution in [2.75, 3.05) is 51.3 Å². The van der Waals surface area contributed by atoms with Crippen molar-refractivity contribution >= 4 is 17.5 Å². The first-order chi connectivity index (χ1) is 13.3. The fraction of sp³-hybridized carbons (Fsp3) is 0.579. The van der Waals surface area contributed by atoms with Gasteiger partial charge in [0.1, 0.15) is 5.75 Å². The number of benzene rings is 1. The number of hydrogen-bond donors (Lipinski definition) is 0. The Morgan fingerprint density at radius 3 is 2.14 bits per heavy atom. The number of nitrogens with zero attached hydrogens (tertiary/aromatic N) is 3. The fourth-order valence-corrected chi connectivity index (χ4v) is 3.83. The maximum Gasteiger partial charge on any atom is 0.471 e. The van der Waals surface area contributed by atoms with Gasteiger partial charge in [0.2, 0.25) is 5.91 Å². The standard InChI is InChI=1S/C19H24F3N3O3/c1-28-16-5-3-2-4-15(16)23-10-12-24(13-11-23)17(26)14-6-8-25(9-7-14)18(27)19(20,21)22/h2-5,14H,6-13H2,1H3. The molecule has 2 fully saturated rings. The summed E-state index contributed by atoms with van der Waals surface area (Å²) >= 11 is 0. The van der Waals surface area contributed by atoms with Crippen molar-refractivity contribution in [2.24, 2.45) is 5.92 Å². The van der Waals surface area contributed by atoms with Crippen LogP contribution in [0.25, 0.3) is 0 Å². The van der Waals surface area contributed by atoms with Crippen molar-refractivity contribution in [3.63, 3.8) is 0 Å². The predicted molar refractivity (Wildman–Crippen MR) is 97.1 cm³/mol. The zero-order valence-corrected chi connectivity index (χ0v) is 15.7. The second kappa shape index (κ2) is 8.28. The lowest BCUT2D eigenvalue weighted by atomic mass is 9.95. The average Bonchev–Trinajstić information content (AvgIpc) is 2.72. The molecular formula is C19H24F3N3O3. The van der Waals surface area contributed by atoms with Crippen LogP contribution >= 0.6 is 0 Å². The van der Waals surface area contributed by atoms with Crippen LogP contribution < -0.4 is 9.64 Å². The summed E-state index contributed by atoms with van der Waals surface area (Å²) in [7, 11) is 1.62. The van der Waals surface area contributed by atoms with Gasteiger partial charge in [-0.3, -0.25) is 9.59 Å². The van der Waals surface area contributed by atoms with Crippen LogP contribution in [0.3, 0.4) is 0 Å². The molecule has 2 aliphatic heterocycles. The number of piperazine rings is 1. The molecule has 0 bridgehead atoms. The SMILES string of the molecule is COc1ccccc1N1CCN(C(=O)C2CCN(C(=O)C(F)(F)F)CC2)CC1. The zero-order chi connectivity index (χ0) is 20.3. The highest BCUT2D eigenvalue weighted by Gasteiger charge is 2.44. The number of para-hydroxylation sites is 2. The normalized spacial score (nSPS) is 18.9. The van der Waals surface area contributed by atoms with Gasteiger partial charge in [-0.2, -0.15) is 13.2 Å². The molecule has 154 valence electrons. The summed E-state index contributed by atoms with van der Waals surface area (Å²) in [6.45, 7) is 2.37. The Morgan fingerprint density at radius 2 is 1.57 bits per heavy atom. The van der Waals surface area contributed by atoms with Crippen LogP contribution in [-0.4, -0.2) is 74.2 Å². The van der Waals surface area contributed by atoms with E-state index in [4.69, 9.17) is 4.74 Å². The molecule has 0 N–H and O–H groups in total. The van der Waals surface area contributed by atoms with Crippen molar-refractivity contribution in [3.8, 4) is 5.75 Å². The Balaban J connectivity index is 1.52. The molecule has 1 aromatic carbocycles. The molecule has 3 rings (SSSR count). The first-order valence-corrected chi connectivity index (χ1v) is 9.34. The Morgan fingerprint density at radius 1 is 0.964 bits per heavy atom. The van der Waals surface area contributed by atoms with Crippen molar-refractivity contribution in [1.82, 2.24) is 9.80 Å². The summed E-state index contributed by atoms with van der Waals surface area (Å²) in [6, 6.07) is 7.70. The highest BCUT2D eigenvalue weighted by molar-refractivity contribution is 5.83. The molecule has 28 heavy (non-hydrogen) atoms. The topological polar surface area (TPSA) is 53.1 Å². The van der Waals surface area contributed by atoms with Gasteiger partial charge in [-0.05, 0) is 25.0 Å². The molecule has 0 atom stereocenters. The van der Waals surface area contributed by atoms with Crippen molar-refractivity contribution in [1.29, 1.82) is 0 Å². The molecule has 0 unspecified atom stereocenters. The van der Waals surface area contributed by atoms with Gasteiger partial charge in [0, 0.05) is 45.2 Å². The Kier molecular flexibility index (Phi) is 6.00. The van der Waals surface area contributed by atoms with Gasteiger partial charge in [0.25, 0.3) is 0 Å². The van der Waals surface area contributed by atoms with Crippen LogP contribution in [0.5, 0.6) is 5.75 Å². The zero-order valence-electron chi connectivity index (χ0n) is 15.7. The minimum atomic E-state index is -4.86. The first-order valence-electron chi connectivity index (χ1n) is 9.34. The predicted octanol–water partition coefficient (Wildman–Crippen LogP) is 2.14. The number of ether oxygens (including phenoxy) is 1. The van der Waals surface area contributed by atoms with Crippen LogP contribution in [-0.2, 0) is 9.59 Å². The number of rotatable bonds is 3. The summed E-state index contributed by atoms with van der Waals surface area (Å²) in [6.07, 6.45) is -4.31. The lowest BCUT2D eigenvalue weighted by Crippen LogP contribution is -2.52. The van der Waals surface area contributed by atoms with E-state index in [2.05, 4.69) is 4.90 Å². The van der Waals surface area contributed by atoms with Gasteiger partial charge in [0.15, 0.2) is 0 Å². The molecule has 9 heteroatoms. The summed E-state index contributed by atoms with van der Waals surface area (Å²) in [5, 5.41) is 0. The third-order valence-corrected chi connectivity index (χ3v) is 5.39. The first kappa shape index (κ1) is 20.3. The third-order valence-electron chi connectivity index (χ3n) is 5.39. The van der Waals surface area contributed by atoms with Gasteiger partial charge < -0.3 is 19.4 Å². The molecule has 0 spiro atoms. The van der Waals surface area contributed by atoms with Crippen LogP contribution in [0.15, 0.2) is 24.3 Å². The maximum absolute atomic E-state index is 12.7. The molecule has 2 saturated heterocycles. The Labute approximate surface area is 161 Å². The molecular weight excluding hydrogens is 375 g/mol. The highest BCUT2D eigenvalue weighted by Crippen LogP contribution is 2.29. The maximum atomic E-state index is 12.7. The Hall–Kier alpha value is -2.45. The molecule has 6 nitrogen and oxygen atoms in total. The van der Waals surface area contributed by atoms with Crippen LogP contribution in [0.2, 0.25) is 0 Å². The van der Waals surface area contributed by atoms with E-state index >= 15 is 0 Å². The minimum absolute atomic E-state index is 0.0289. The number of amides is 2. The van der Waals surface area contributed by atoms with Gasteiger partial charge in [-0.15, -0.1) is 0 Å². The monoisotopic (exact) mass is 399 g/mol. The summed E-state index contributed by atoms with van der Waals surface area (Å²) in [5.41, 5.74) is 0.982. The van der Waals surface area contributed by atoms with Crippen molar-refractivity contribution < 1.29 is 27.5 Å². The van der Waals surface area contributed by atoms with E-state index in [-0.39, 0.29) is 37.8 Å². The number of alkyl halides is 3. The smallest absolute Gasteiger partial charge is 0.471 e. The van der Waals surface area contributed by atoms with Gasteiger partial charge in [0.05, 0.1) is 12.8 Å². The highest BCUT2D eigenvalue weighted by atomic mass is 19.4. The molecule has 0 aromatic heterocycles. The number of likely N-dealkylation sites (tertiary alicyclic amines) is 1. The summed E-state index contributed by atoms with van der Waals surface area (Å²) in [5.74, 6) is -1.39. The largest absolute Gasteiger partial charge is 0.495 e. The second-order valence-electron chi connectivity index (χ2n) is 7.05. The van der Waals surface area contributed by atoms with E-state index in [1.807, 2.05) is 24.3 Å². The molecule has 2 aliphatic rings. The number of halogens is 3.